The van der Waals surface area contributed by atoms with Gasteiger partial charge in [-0.2, -0.15) is 0 Å². The number of pyridine rings is 1. The molecule has 2 rings (SSSR count). The van der Waals surface area contributed by atoms with Gasteiger partial charge in [-0.3, -0.25) is 4.98 Å². The molecule has 0 spiro atoms. The van der Waals surface area contributed by atoms with E-state index in [-0.39, 0.29) is 11.8 Å². The van der Waals surface area contributed by atoms with Crippen LogP contribution in [0, 0.1) is 0 Å². The number of hydrogen-bond donors (Lipinski definition) is 2. The molecule has 1 atom stereocenters. The lowest BCUT2D eigenvalue weighted by Crippen LogP contribution is -2.42. The topological polar surface area (TPSA) is 73.7 Å². The zero-order chi connectivity index (χ0) is 11.0. The van der Waals surface area contributed by atoms with Crippen LogP contribution < -0.4 is 0 Å². The largest absolute Gasteiger partial charge is 0.506 e. The Morgan fingerprint density at radius 2 is 2.40 bits per heavy atom. The molecule has 2 N–H and O–H groups in total. The van der Waals surface area contributed by atoms with Crippen molar-refractivity contribution >= 4 is 6.09 Å². The molecule has 1 aromatic heterocycles. The lowest BCUT2D eigenvalue weighted by Gasteiger charge is -2.31. The summed E-state index contributed by atoms with van der Waals surface area (Å²) in [5.41, 5.74) is 1.66. The van der Waals surface area contributed by atoms with E-state index in [4.69, 9.17) is 5.11 Å². The van der Waals surface area contributed by atoms with Gasteiger partial charge in [0, 0.05) is 18.2 Å². The molecule has 1 aromatic rings. The van der Waals surface area contributed by atoms with Crippen LogP contribution in [0.2, 0.25) is 0 Å². The van der Waals surface area contributed by atoms with Crippen LogP contribution in [0.1, 0.15) is 18.2 Å². The Balaban J connectivity index is 2.34. The molecule has 0 saturated heterocycles. The van der Waals surface area contributed by atoms with Gasteiger partial charge in [0.1, 0.15) is 5.75 Å². The molecular formula is C10H12N2O3. The predicted molar refractivity (Wildman–Crippen MR) is 52.6 cm³/mol. The van der Waals surface area contributed by atoms with Gasteiger partial charge < -0.3 is 15.1 Å². The van der Waals surface area contributed by atoms with Gasteiger partial charge in [-0.1, -0.05) is 0 Å². The lowest BCUT2D eigenvalue weighted by atomic mass is 10.0. The SMILES string of the molecule is C[C@@H]1Cc2ncc(O)cc2CN1C(=O)O. The molecule has 80 valence electrons. The minimum absolute atomic E-state index is 0.0629. The summed E-state index contributed by atoms with van der Waals surface area (Å²) < 4.78 is 0. The molecule has 0 aliphatic carbocycles. The normalized spacial score (nSPS) is 19.8. The maximum atomic E-state index is 10.9. The molecule has 5 heteroatoms. The van der Waals surface area contributed by atoms with Crippen LogP contribution in [0.5, 0.6) is 5.75 Å². The van der Waals surface area contributed by atoms with E-state index >= 15 is 0 Å². The number of carboxylic acid groups (broad SMARTS) is 1. The summed E-state index contributed by atoms with van der Waals surface area (Å²) in [7, 11) is 0. The van der Waals surface area contributed by atoms with Gasteiger partial charge in [-0.05, 0) is 18.6 Å². The minimum atomic E-state index is -0.934. The standard InChI is InChI=1S/C10H12N2O3/c1-6-2-9-7(3-8(13)4-11-9)5-12(6)10(14)15/h3-4,6,13H,2,5H2,1H3,(H,14,15)/t6-/m1/s1. The molecule has 15 heavy (non-hydrogen) atoms. The maximum absolute atomic E-state index is 10.9. The lowest BCUT2D eigenvalue weighted by molar-refractivity contribution is 0.119. The number of hydrogen-bond acceptors (Lipinski definition) is 3. The first-order valence-electron chi connectivity index (χ1n) is 4.74. The number of carbonyl (C=O) groups is 1. The van der Waals surface area contributed by atoms with Gasteiger partial charge in [0.15, 0.2) is 0 Å². The van der Waals surface area contributed by atoms with E-state index in [0.29, 0.717) is 13.0 Å². The van der Waals surface area contributed by atoms with Crippen molar-refractivity contribution in [3.05, 3.63) is 23.5 Å². The van der Waals surface area contributed by atoms with Crippen LogP contribution >= 0.6 is 0 Å². The number of fused-ring (bicyclic) bond motifs is 1. The summed E-state index contributed by atoms with van der Waals surface area (Å²) in [4.78, 5) is 16.3. The third-order valence-electron chi connectivity index (χ3n) is 2.65. The Morgan fingerprint density at radius 1 is 1.67 bits per heavy atom. The predicted octanol–water partition coefficient (Wildman–Crippen LogP) is 1.21. The van der Waals surface area contributed by atoms with Crippen LogP contribution in [-0.2, 0) is 13.0 Å². The molecule has 0 fully saturated rings. The van der Waals surface area contributed by atoms with Crippen molar-refractivity contribution in [2.24, 2.45) is 0 Å². The van der Waals surface area contributed by atoms with Gasteiger partial charge in [0.05, 0.1) is 12.7 Å². The van der Waals surface area contributed by atoms with Crippen molar-refractivity contribution in [2.45, 2.75) is 25.9 Å². The highest BCUT2D eigenvalue weighted by atomic mass is 16.4. The van der Waals surface area contributed by atoms with E-state index in [9.17, 15) is 9.90 Å². The fourth-order valence-electron chi connectivity index (χ4n) is 1.83. The number of aromatic hydroxyl groups is 1. The second kappa shape index (κ2) is 3.42. The van der Waals surface area contributed by atoms with Crippen molar-refractivity contribution < 1.29 is 15.0 Å². The van der Waals surface area contributed by atoms with E-state index in [1.807, 2.05) is 6.92 Å². The summed E-state index contributed by atoms with van der Waals surface area (Å²) in [6, 6.07) is 1.51. The average molecular weight is 208 g/mol. The number of amides is 1. The quantitative estimate of drug-likeness (QED) is 0.672. The smallest absolute Gasteiger partial charge is 0.407 e. The van der Waals surface area contributed by atoms with Crippen LogP contribution in [-0.4, -0.2) is 32.2 Å². The van der Waals surface area contributed by atoms with E-state index in [1.165, 1.54) is 11.1 Å². The van der Waals surface area contributed by atoms with Gasteiger partial charge in [0.25, 0.3) is 0 Å². The summed E-state index contributed by atoms with van der Waals surface area (Å²) in [6.07, 6.45) is 1.06. The number of nitrogens with zero attached hydrogens (tertiary/aromatic N) is 2. The molecule has 0 bridgehead atoms. The number of aromatic nitrogens is 1. The summed E-state index contributed by atoms with van der Waals surface area (Å²) in [5, 5.41) is 18.2. The molecule has 1 aliphatic rings. The molecule has 1 amide bonds. The van der Waals surface area contributed by atoms with Crippen molar-refractivity contribution in [1.29, 1.82) is 0 Å². The zero-order valence-corrected chi connectivity index (χ0v) is 8.34. The van der Waals surface area contributed by atoms with Crippen molar-refractivity contribution in [2.75, 3.05) is 0 Å². The Kier molecular flexibility index (Phi) is 2.22. The third kappa shape index (κ3) is 1.72. The molecule has 1 aliphatic heterocycles. The molecular weight excluding hydrogens is 196 g/mol. The highest BCUT2D eigenvalue weighted by Crippen LogP contribution is 2.24. The molecule has 0 saturated carbocycles. The molecule has 0 aromatic carbocycles. The first-order chi connectivity index (χ1) is 7.08. The summed E-state index contributed by atoms with van der Waals surface area (Å²) >= 11 is 0. The minimum Gasteiger partial charge on any atom is -0.506 e. The van der Waals surface area contributed by atoms with E-state index in [0.717, 1.165) is 11.3 Å². The number of rotatable bonds is 0. The highest BCUT2D eigenvalue weighted by Gasteiger charge is 2.27. The second-order valence-electron chi connectivity index (χ2n) is 3.76. The second-order valence-corrected chi connectivity index (χ2v) is 3.76. The third-order valence-corrected chi connectivity index (χ3v) is 2.65. The molecule has 2 heterocycles. The zero-order valence-electron chi connectivity index (χ0n) is 8.34. The molecule has 0 radical (unpaired) electrons. The van der Waals surface area contributed by atoms with Crippen molar-refractivity contribution in [3.63, 3.8) is 0 Å². The van der Waals surface area contributed by atoms with Crippen LogP contribution in [0.25, 0.3) is 0 Å². The van der Waals surface area contributed by atoms with Crippen LogP contribution in [0.3, 0.4) is 0 Å². The van der Waals surface area contributed by atoms with E-state index < -0.39 is 6.09 Å². The summed E-state index contributed by atoms with van der Waals surface area (Å²) in [5.74, 6) is 0.0774. The van der Waals surface area contributed by atoms with Crippen LogP contribution in [0.15, 0.2) is 12.3 Å². The summed E-state index contributed by atoms with van der Waals surface area (Å²) in [6.45, 7) is 2.15. The first kappa shape index (κ1) is 9.76. The van der Waals surface area contributed by atoms with E-state index in [1.54, 1.807) is 6.07 Å². The fourth-order valence-corrected chi connectivity index (χ4v) is 1.83. The van der Waals surface area contributed by atoms with Crippen molar-refractivity contribution in [3.8, 4) is 5.75 Å². The Hall–Kier alpha value is -1.78. The van der Waals surface area contributed by atoms with Crippen LogP contribution in [0.4, 0.5) is 4.79 Å². The van der Waals surface area contributed by atoms with Crippen molar-refractivity contribution in [1.82, 2.24) is 9.88 Å². The van der Waals surface area contributed by atoms with Gasteiger partial charge in [-0.25, -0.2) is 4.79 Å². The molecule has 5 nitrogen and oxygen atoms in total. The van der Waals surface area contributed by atoms with Gasteiger partial charge in [0.2, 0.25) is 0 Å². The monoisotopic (exact) mass is 208 g/mol. The van der Waals surface area contributed by atoms with Gasteiger partial charge in [-0.15, -0.1) is 0 Å². The Bertz CT molecular complexity index is 406. The molecule has 0 unspecified atom stereocenters. The average Bonchev–Trinajstić information content (AvgIpc) is 2.17. The Morgan fingerprint density at radius 3 is 3.07 bits per heavy atom. The highest BCUT2D eigenvalue weighted by molar-refractivity contribution is 5.66. The van der Waals surface area contributed by atoms with Gasteiger partial charge >= 0.3 is 6.09 Å². The maximum Gasteiger partial charge on any atom is 0.407 e. The fraction of sp³-hybridized carbons (Fsp3) is 0.400. The van der Waals surface area contributed by atoms with E-state index in [2.05, 4.69) is 4.98 Å². The first-order valence-corrected chi connectivity index (χ1v) is 4.74. The Labute approximate surface area is 87.0 Å².